The number of ether oxygens (including phenoxy) is 2. The molecule has 0 aromatic heterocycles. The molecule has 0 radical (unpaired) electrons. The molecular formula is C8H19NO2. The van der Waals surface area contributed by atoms with E-state index in [1.807, 2.05) is 6.92 Å². The van der Waals surface area contributed by atoms with Gasteiger partial charge in [0.25, 0.3) is 0 Å². The van der Waals surface area contributed by atoms with Crippen LogP contribution in [0, 0.1) is 5.92 Å². The molecule has 0 rings (SSSR count). The van der Waals surface area contributed by atoms with E-state index in [-0.39, 0.29) is 6.29 Å². The van der Waals surface area contributed by atoms with Gasteiger partial charge in [-0.05, 0) is 12.8 Å². The molecule has 0 spiro atoms. The highest BCUT2D eigenvalue weighted by Crippen LogP contribution is 1.98. The van der Waals surface area contributed by atoms with Crippen LogP contribution < -0.4 is 5.73 Å². The molecule has 0 aliphatic heterocycles. The second-order valence-electron chi connectivity index (χ2n) is 2.95. The number of rotatable bonds is 6. The van der Waals surface area contributed by atoms with Crippen LogP contribution in [0.25, 0.3) is 0 Å². The van der Waals surface area contributed by atoms with Crippen molar-refractivity contribution in [3.63, 3.8) is 0 Å². The fraction of sp³-hybridized carbons (Fsp3) is 1.00. The van der Waals surface area contributed by atoms with Gasteiger partial charge in [0.2, 0.25) is 0 Å². The van der Waals surface area contributed by atoms with E-state index in [2.05, 4.69) is 13.8 Å². The summed E-state index contributed by atoms with van der Waals surface area (Å²) in [4.78, 5) is 0. The highest BCUT2D eigenvalue weighted by atomic mass is 16.7. The van der Waals surface area contributed by atoms with Crippen molar-refractivity contribution < 1.29 is 9.47 Å². The maximum Gasteiger partial charge on any atom is 0.154 e. The zero-order chi connectivity index (χ0) is 8.69. The predicted molar refractivity (Wildman–Crippen MR) is 45.3 cm³/mol. The third kappa shape index (κ3) is 7.78. The van der Waals surface area contributed by atoms with Crippen molar-refractivity contribution in [3.8, 4) is 0 Å². The quantitative estimate of drug-likeness (QED) is 0.591. The summed E-state index contributed by atoms with van der Waals surface area (Å²) >= 11 is 0. The lowest BCUT2D eigenvalue weighted by atomic mass is 10.2. The zero-order valence-corrected chi connectivity index (χ0v) is 7.67. The van der Waals surface area contributed by atoms with Gasteiger partial charge in [0.05, 0.1) is 13.2 Å². The SMILES string of the molecule is CC(C)COC(C)OCCN. The van der Waals surface area contributed by atoms with Gasteiger partial charge in [0.1, 0.15) is 0 Å². The van der Waals surface area contributed by atoms with E-state index in [1.54, 1.807) is 0 Å². The van der Waals surface area contributed by atoms with E-state index < -0.39 is 0 Å². The van der Waals surface area contributed by atoms with Crippen LogP contribution in [0.4, 0.5) is 0 Å². The molecule has 0 fully saturated rings. The largest absolute Gasteiger partial charge is 0.353 e. The Morgan fingerprint density at radius 3 is 2.27 bits per heavy atom. The van der Waals surface area contributed by atoms with E-state index in [4.69, 9.17) is 15.2 Å². The maximum absolute atomic E-state index is 5.33. The van der Waals surface area contributed by atoms with Gasteiger partial charge in [0, 0.05) is 6.54 Å². The minimum atomic E-state index is -0.124. The molecule has 68 valence electrons. The van der Waals surface area contributed by atoms with Crippen molar-refractivity contribution in [2.24, 2.45) is 11.7 Å². The van der Waals surface area contributed by atoms with E-state index in [9.17, 15) is 0 Å². The van der Waals surface area contributed by atoms with E-state index in [0.717, 1.165) is 6.61 Å². The van der Waals surface area contributed by atoms with Gasteiger partial charge in [-0.2, -0.15) is 0 Å². The average molecular weight is 161 g/mol. The lowest BCUT2D eigenvalue weighted by molar-refractivity contribution is -0.134. The molecule has 0 aliphatic rings. The Hall–Kier alpha value is -0.120. The highest BCUT2D eigenvalue weighted by molar-refractivity contribution is 4.41. The third-order valence-electron chi connectivity index (χ3n) is 1.13. The molecule has 11 heavy (non-hydrogen) atoms. The third-order valence-corrected chi connectivity index (χ3v) is 1.13. The molecule has 1 unspecified atom stereocenters. The topological polar surface area (TPSA) is 44.5 Å². The Balaban J connectivity index is 3.15. The van der Waals surface area contributed by atoms with E-state index in [0.29, 0.717) is 19.1 Å². The van der Waals surface area contributed by atoms with Crippen molar-refractivity contribution in [2.45, 2.75) is 27.1 Å². The van der Waals surface area contributed by atoms with Crippen LogP contribution >= 0.6 is 0 Å². The second-order valence-corrected chi connectivity index (χ2v) is 2.95. The van der Waals surface area contributed by atoms with Gasteiger partial charge >= 0.3 is 0 Å². The number of hydrogen-bond acceptors (Lipinski definition) is 3. The molecule has 3 nitrogen and oxygen atoms in total. The lowest BCUT2D eigenvalue weighted by Gasteiger charge is -2.14. The summed E-state index contributed by atoms with van der Waals surface area (Å²) in [6, 6.07) is 0. The molecule has 0 aromatic rings. The van der Waals surface area contributed by atoms with Crippen molar-refractivity contribution >= 4 is 0 Å². The summed E-state index contributed by atoms with van der Waals surface area (Å²) in [6.45, 7) is 7.96. The van der Waals surface area contributed by atoms with Crippen LogP contribution in [-0.4, -0.2) is 26.0 Å². The van der Waals surface area contributed by atoms with Crippen molar-refractivity contribution in [1.82, 2.24) is 0 Å². The molecule has 0 saturated carbocycles. The fourth-order valence-electron chi connectivity index (χ4n) is 0.610. The molecule has 0 heterocycles. The van der Waals surface area contributed by atoms with Gasteiger partial charge in [0.15, 0.2) is 6.29 Å². The lowest BCUT2D eigenvalue weighted by Crippen LogP contribution is -2.20. The van der Waals surface area contributed by atoms with E-state index in [1.165, 1.54) is 0 Å². The fourth-order valence-corrected chi connectivity index (χ4v) is 0.610. The normalized spacial score (nSPS) is 13.9. The van der Waals surface area contributed by atoms with Crippen LogP contribution in [0.2, 0.25) is 0 Å². The zero-order valence-electron chi connectivity index (χ0n) is 7.67. The molecule has 0 amide bonds. The molecule has 1 atom stereocenters. The maximum atomic E-state index is 5.33. The van der Waals surface area contributed by atoms with Gasteiger partial charge in [-0.3, -0.25) is 0 Å². The van der Waals surface area contributed by atoms with Crippen LogP contribution in [0.5, 0.6) is 0 Å². The summed E-state index contributed by atoms with van der Waals surface area (Å²) in [6.07, 6.45) is -0.124. The Kier molecular flexibility index (Phi) is 6.51. The molecule has 3 heteroatoms. The Morgan fingerprint density at radius 2 is 1.82 bits per heavy atom. The van der Waals surface area contributed by atoms with Crippen molar-refractivity contribution in [2.75, 3.05) is 19.8 Å². The average Bonchev–Trinajstić information content (AvgIpc) is 1.97. The summed E-state index contributed by atoms with van der Waals surface area (Å²) in [5, 5.41) is 0. The molecule has 2 N–H and O–H groups in total. The minimum Gasteiger partial charge on any atom is -0.353 e. The van der Waals surface area contributed by atoms with E-state index >= 15 is 0 Å². The predicted octanol–water partition coefficient (Wildman–Crippen LogP) is 0.980. The molecule has 0 bridgehead atoms. The first kappa shape index (κ1) is 10.9. The second kappa shape index (κ2) is 6.58. The van der Waals surface area contributed by atoms with Gasteiger partial charge in [-0.15, -0.1) is 0 Å². The van der Waals surface area contributed by atoms with Crippen LogP contribution in [0.3, 0.4) is 0 Å². The first-order valence-corrected chi connectivity index (χ1v) is 4.10. The monoisotopic (exact) mass is 161 g/mol. The first-order valence-electron chi connectivity index (χ1n) is 4.10. The Bertz CT molecular complexity index is 86.2. The summed E-state index contributed by atoms with van der Waals surface area (Å²) in [7, 11) is 0. The van der Waals surface area contributed by atoms with Crippen molar-refractivity contribution in [3.05, 3.63) is 0 Å². The summed E-state index contributed by atoms with van der Waals surface area (Å²) in [5.41, 5.74) is 5.25. The molecule has 0 aliphatic carbocycles. The standard InChI is InChI=1S/C8H19NO2/c1-7(2)6-11-8(3)10-5-4-9/h7-8H,4-6,9H2,1-3H3. The first-order chi connectivity index (χ1) is 5.16. The van der Waals surface area contributed by atoms with Gasteiger partial charge in [-0.25, -0.2) is 0 Å². The summed E-state index contributed by atoms with van der Waals surface area (Å²) < 4.78 is 10.5. The molecule has 0 aromatic carbocycles. The van der Waals surface area contributed by atoms with Crippen LogP contribution in [0.15, 0.2) is 0 Å². The Morgan fingerprint density at radius 1 is 1.18 bits per heavy atom. The smallest absolute Gasteiger partial charge is 0.154 e. The number of hydrogen-bond donors (Lipinski definition) is 1. The van der Waals surface area contributed by atoms with Crippen molar-refractivity contribution in [1.29, 1.82) is 0 Å². The molecular weight excluding hydrogens is 142 g/mol. The van der Waals surface area contributed by atoms with Gasteiger partial charge in [-0.1, -0.05) is 13.8 Å². The minimum absolute atomic E-state index is 0.124. The molecule has 0 saturated heterocycles. The highest BCUT2D eigenvalue weighted by Gasteiger charge is 2.01. The van der Waals surface area contributed by atoms with Crippen LogP contribution in [0.1, 0.15) is 20.8 Å². The Labute approximate surface area is 68.9 Å². The van der Waals surface area contributed by atoms with Gasteiger partial charge < -0.3 is 15.2 Å². The van der Waals surface area contributed by atoms with Crippen LogP contribution in [-0.2, 0) is 9.47 Å². The number of nitrogens with two attached hydrogens (primary N) is 1. The summed E-state index contributed by atoms with van der Waals surface area (Å²) in [5.74, 6) is 0.555.